The molecule has 0 aromatic heterocycles. The molecule has 0 aliphatic rings. The summed E-state index contributed by atoms with van der Waals surface area (Å²) in [7, 11) is -4.60. The van der Waals surface area contributed by atoms with Crippen LogP contribution in [-0.2, 0) is 30.5 Å². The number of esters is 1. The van der Waals surface area contributed by atoms with Gasteiger partial charge in [0, 0.05) is 13.1 Å². The van der Waals surface area contributed by atoms with E-state index in [-0.39, 0.29) is 25.9 Å². The summed E-state index contributed by atoms with van der Waals surface area (Å²) in [6.07, 6.45) is -4.83. The standard InChI is InChI=1S/C17H16ClF3N4O5S/c18-13-4-3-12(17(19,20)21)9-14(13)31(28,29)24-10-16(27)30-11-15(26)25(7-1-5-22)8-2-6-23/h3-4,9,24H,1-2,7-8,10-11H2. The van der Waals surface area contributed by atoms with Crippen molar-refractivity contribution in [2.75, 3.05) is 26.2 Å². The highest BCUT2D eigenvalue weighted by atomic mass is 35.5. The number of hydrogen-bond donors (Lipinski definition) is 1. The Labute approximate surface area is 181 Å². The number of sulfonamides is 1. The number of hydrogen-bond acceptors (Lipinski definition) is 7. The number of carbonyl (C=O) groups is 2. The molecule has 31 heavy (non-hydrogen) atoms. The van der Waals surface area contributed by atoms with Crippen molar-refractivity contribution in [1.82, 2.24) is 9.62 Å². The summed E-state index contributed by atoms with van der Waals surface area (Å²) < 4.78 is 69.2. The first-order valence-electron chi connectivity index (χ1n) is 8.46. The average Bonchev–Trinajstić information content (AvgIpc) is 2.70. The third-order valence-corrected chi connectivity index (χ3v) is 5.53. The van der Waals surface area contributed by atoms with Gasteiger partial charge in [0.25, 0.3) is 5.91 Å². The van der Waals surface area contributed by atoms with E-state index in [0.717, 1.165) is 11.0 Å². The lowest BCUT2D eigenvalue weighted by Gasteiger charge is -2.20. The van der Waals surface area contributed by atoms with E-state index >= 15 is 0 Å². The van der Waals surface area contributed by atoms with Gasteiger partial charge in [-0.2, -0.15) is 28.4 Å². The number of amides is 1. The van der Waals surface area contributed by atoms with Gasteiger partial charge in [-0.15, -0.1) is 0 Å². The zero-order valence-electron chi connectivity index (χ0n) is 15.8. The molecule has 0 aliphatic heterocycles. The molecule has 9 nitrogen and oxygen atoms in total. The predicted molar refractivity (Wildman–Crippen MR) is 99.6 cm³/mol. The highest BCUT2D eigenvalue weighted by molar-refractivity contribution is 7.89. The molecule has 0 bridgehead atoms. The monoisotopic (exact) mass is 480 g/mol. The van der Waals surface area contributed by atoms with E-state index < -0.39 is 56.7 Å². The first-order valence-corrected chi connectivity index (χ1v) is 10.3. The molecule has 1 N–H and O–H groups in total. The topological polar surface area (TPSA) is 140 Å². The zero-order valence-corrected chi connectivity index (χ0v) is 17.4. The fraction of sp³-hybridized carbons (Fsp3) is 0.412. The van der Waals surface area contributed by atoms with Gasteiger partial charge >= 0.3 is 12.1 Å². The second-order valence-electron chi connectivity index (χ2n) is 5.83. The van der Waals surface area contributed by atoms with Crippen LogP contribution in [0.5, 0.6) is 0 Å². The largest absolute Gasteiger partial charge is 0.455 e. The van der Waals surface area contributed by atoms with Crippen molar-refractivity contribution in [2.45, 2.75) is 23.9 Å². The van der Waals surface area contributed by atoms with E-state index in [0.29, 0.717) is 12.1 Å². The molecule has 168 valence electrons. The maximum absolute atomic E-state index is 12.8. The van der Waals surface area contributed by atoms with Gasteiger partial charge in [-0.1, -0.05) is 11.6 Å². The number of halogens is 4. The molecule has 0 fully saturated rings. The second kappa shape index (κ2) is 11.5. The minimum atomic E-state index is -4.81. The molecule has 1 rings (SSSR count). The van der Waals surface area contributed by atoms with Crippen LogP contribution in [0.15, 0.2) is 23.1 Å². The van der Waals surface area contributed by atoms with Crippen molar-refractivity contribution >= 4 is 33.5 Å². The maximum Gasteiger partial charge on any atom is 0.416 e. The summed E-state index contributed by atoms with van der Waals surface area (Å²) in [5.41, 5.74) is -1.25. The third-order valence-electron chi connectivity index (χ3n) is 3.65. The lowest BCUT2D eigenvalue weighted by Crippen LogP contribution is -2.37. The van der Waals surface area contributed by atoms with Crippen molar-refractivity contribution in [2.24, 2.45) is 0 Å². The Morgan fingerprint density at radius 2 is 1.74 bits per heavy atom. The molecule has 0 aliphatic carbocycles. The Morgan fingerprint density at radius 3 is 2.26 bits per heavy atom. The summed E-state index contributed by atoms with van der Waals surface area (Å²) >= 11 is 5.67. The Balaban J connectivity index is 2.72. The Hall–Kier alpha value is -2.87. The summed E-state index contributed by atoms with van der Waals surface area (Å²) in [6, 6.07) is 5.33. The minimum Gasteiger partial charge on any atom is -0.455 e. The van der Waals surface area contributed by atoms with Crippen LogP contribution in [0, 0.1) is 22.7 Å². The molecule has 0 atom stereocenters. The number of ether oxygens (including phenoxy) is 1. The normalized spacial score (nSPS) is 11.3. The Bertz CT molecular complexity index is 984. The van der Waals surface area contributed by atoms with Crippen LogP contribution >= 0.6 is 11.6 Å². The number of nitrogens with one attached hydrogen (secondary N) is 1. The molecule has 1 aromatic carbocycles. The van der Waals surface area contributed by atoms with Crippen LogP contribution in [0.2, 0.25) is 5.02 Å². The smallest absolute Gasteiger partial charge is 0.416 e. The van der Waals surface area contributed by atoms with Gasteiger partial charge in [-0.3, -0.25) is 9.59 Å². The zero-order chi connectivity index (χ0) is 23.7. The lowest BCUT2D eigenvalue weighted by atomic mass is 10.2. The van der Waals surface area contributed by atoms with Gasteiger partial charge in [0.15, 0.2) is 6.61 Å². The van der Waals surface area contributed by atoms with Crippen molar-refractivity contribution in [3.05, 3.63) is 28.8 Å². The molecule has 0 saturated carbocycles. The van der Waals surface area contributed by atoms with Crippen molar-refractivity contribution in [1.29, 1.82) is 10.5 Å². The van der Waals surface area contributed by atoms with E-state index in [4.69, 9.17) is 22.1 Å². The van der Waals surface area contributed by atoms with Crippen LogP contribution in [0.1, 0.15) is 18.4 Å². The maximum atomic E-state index is 12.8. The van der Waals surface area contributed by atoms with Gasteiger partial charge in [-0.05, 0) is 18.2 Å². The molecule has 0 heterocycles. The Morgan fingerprint density at radius 1 is 1.16 bits per heavy atom. The van der Waals surface area contributed by atoms with E-state index in [9.17, 15) is 31.2 Å². The van der Waals surface area contributed by atoms with Crippen molar-refractivity contribution < 1.29 is 35.9 Å². The lowest BCUT2D eigenvalue weighted by molar-refractivity contribution is -0.151. The molecular weight excluding hydrogens is 465 g/mol. The van der Waals surface area contributed by atoms with E-state index in [1.54, 1.807) is 4.72 Å². The van der Waals surface area contributed by atoms with Gasteiger partial charge in [0.05, 0.1) is 35.6 Å². The third kappa shape index (κ3) is 8.41. The fourth-order valence-corrected chi connectivity index (χ4v) is 3.63. The summed E-state index contributed by atoms with van der Waals surface area (Å²) in [5, 5.41) is 16.7. The van der Waals surface area contributed by atoms with Gasteiger partial charge in [-0.25, -0.2) is 8.42 Å². The van der Waals surface area contributed by atoms with Crippen molar-refractivity contribution in [3.8, 4) is 12.1 Å². The SMILES string of the molecule is N#CCCN(CCC#N)C(=O)COC(=O)CNS(=O)(=O)c1cc(C(F)(F)F)ccc1Cl. The van der Waals surface area contributed by atoms with Crippen LogP contribution < -0.4 is 4.72 Å². The number of nitrogens with zero attached hydrogens (tertiary/aromatic N) is 3. The molecule has 14 heteroatoms. The second-order valence-corrected chi connectivity index (χ2v) is 7.97. The summed E-state index contributed by atoms with van der Waals surface area (Å²) in [5.74, 6) is -1.89. The van der Waals surface area contributed by atoms with Crippen LogP contribution in [-0.4, -0.2) is 51.4 Å². The summed E-state index contributed by atoms with van der Waals surface area (Å²) in [6.45, 7) is -1.73. The molecule has 1 aromatic rings. The molecule has 0 unspecified atom stereocenters. The van der Waals surface area contributed by atoms with Gasteiger partial charge < -0.3 is 9.64 Å². The molecular formula is C17H16ClF3N4O5S. The molecule has 0 spiro atoms. The Kier molecular flexibility index (Phi) is 9.71. The van der Waals surface area contributed by atoms with Crippen molar-refractivity contribution in [3.63, 3.8) is 0 Å². The number of alkyl halides is 3. The van der Waals surface area contributed by atoms with Crippen LogP contribution in [0.25, 0.3) is 0 Å². The van der Waals surface area contributed by atoms with E-state index in [2.05, 4.69) is 4.74 Å². The van der Waals surface area contributed by atoms with Crippen LogP contribution in [0.3, 0.4) is 0 Å². The first kappa shape index (κ1) is 26.2. The van der Waals surface area contributed by atoms with E-state index in [1.165, 1.54) is 0 Å². The van der Waals surface area contributed by atoms with E-state index in [1.807, 2.05) is 12.1 Å². The summed E-state index contributed by atoms with van der Waals surface area (Å²) in [4.78, 5) is 24.0. The molecule has 0 radical (unpaired) electrons. The highest BCUT2D eigenvalue weighted by Gasteiger charge is 2.33. The minimum absolute atomic E-state index is 0.00916. The number of carbonyl (C=O) groups excluding carboxylic acids is 2. The number of benzene rings is 1. The van der Waals surface area contributed by atoms with Crippen LogP contribution in [0.4, 0.5) is 13.2 Å². The first-order chi connectivity index (χ1) is 14.4. The molecule has 1 amide bonds. The molecule has 0 saturated heterocycles. The fourth-order valence-electron chi connectivity index (χ4n) is 2.13. The number of nitriles is 2. The number of rotatable bonds is 10. The van der Waals surface area contributed by atoms with Gasteiger partial charge in [0.2, 0.25) is 10.0 Å². The highest BCUT2D eigenvalue weighted by Crippen LogP contribution is 2.33. The predicted octanol–water partition coefficient (Wildman–Crippen LogP) is 1.84. The quantitative estimate of drug-likeness (QED) is 0.504. The average molecular weight is 481 g/mol. The van der Waals surface area contributed by atoms with Gasteiger partial charge in [0.1, 0.15) is 11.4 Å².